The van der Waals surface area contributed by atoms with E-state index in [4.69, 9.17) is 0 Å². The molecule has 0 unspecified atom stereocenters. The molecule has 0 aromatic heterocycles. The van der Waals surface area contributed by atoms with E-state index in [1.165, 1.54) is 17.7 Å². The maximum Gasteiger partial charge on any atom is 0.278 e. The van der Waals surface area contributed by atoms with Crippen molar-refractivity contribution in [3.63, 3.8) is 0 Å². The first-order valence-electron chi connectivity index (χ1n) is 7.23. The minimum absolute atomic E-state index is 0.00616. The van der Waals surface area contributed by atoms with Gasteiger partial charge in [0.15, 0.2) is 15.9 Å². The molecule has 2 heterocycles. The molecular weight excluding hydrogens is 264 g/mol. The van der Waals surface area contributed by atoms with Crippen molar-refractivity contribution in [1.29, 1.82) is 0 Å². The Morgan fingerprint density at radius 2 is 1.89 bits per heavy atom. The molecule has 110 valence electrons. The quantitative estimate of drug-likeness (QED) is 0.700. The van der Waals surface area contributed by atoms with E-state index in [0.717, 1.165) is 19.0 Å². The van der Waals surface area contributed by atoms with Crippen LogP contribution < -0.4 is 10.2 Å². The highest BCUT2D eigenvalue weighted by Crippen LogP contribution is 2.11. The molecule has 0 saturated carbocycles. The molecule has 2 saturated heterocycles. The molecule has 2 fully saturated rings. The van der Waals surface area contributed by atoms with Crippen LogP contribution in [0, 0.1) is 5.92 Å². The Balaban J connectivity index is 1.83. The van der Waals surface area contributed by atoms with Gasteiger partial charge in [0, 0.05) is 6.04 Å². The first-order valence-corrected chi connectivity index (χ1v) is 9.05. The minimum Gasteiger partial charge on any atom is -0.347 e. The Labute approximate surface area is 115 Å². The maximum absolute atomic E-state index is 12.2. The Kier molecular flexibility index (Phi) is 4.50. The number of nitrogens with one attached hydrogen (secondary N) is 2. The fourth-order valence-corrected chi connectivity index (χ4v) is 4.66. The summed E-state index contributed by atoms with van der Waals surface area (Å²) in [5.74, 6) is 1.09. The van der Waals surface area contributed by atoms with Crippen molar-refractivity contribution < 1.29 is 18.1 Å². The normalized spacial score (nSPS) is 35.8. The van der Waals surface area contributed by atoms with Gasteiger partial charge in [-0.25, -0.2) is 8.42 Å². The third-order valence-electron chi connectivity index (χ3n) is 4.50. The molecule has 6 heteroatoms. The molecule has 0 aromatic rings. The molecule has 5 nitrogen and oxygen atoms in total. The zero-order chi connectivity index (χ0) is 14.0. The van der Waals surface area contributed by atoms with Crippen LogP contribution in [0.25, 0.3) is 0 Å². The number of carbonyl (C=O) groups is 1. The molecule has 0 aliphatic carbocycles. The van der Waals surface area contributed by atoms with Crippen LogP contribution in [0.15, 0.2) is 0 Å². The lowest BCUT2D eigenvalue weighted by atomic mass is 9.98. The fourth-order valence-electron chi connectivity index (χ4n) is 2.99. The smallest absolute Gasteiger partial charge is 0.278 e. The molecule has 0 spiro atoms. The third-order valence-corrected chi connectivity index (χ3v) is 6.27. The Bertz CT molecular complexity index is 427. The summed E-state index contributed by atoms with van der Waals surface area (Å²) in [6, 6.07) is -0.251. The summed E-state index contributed by atoms with van der Waals surface area (Å²) in [4.78, 5) is 13.5. The Morgan fingerprint density at radius 1 is 1.26 bits per heavy atom. The molecule has 2 rings (SSSR count). The van der Waals surface area contributed by atoms with Crippen molar-refractivity contribution in [1.82, 2.24) is 5.32 Å². The van der Waals surface area contributed by atoms with Crippen molar-refractivity contribution in [2.24, 2.45) is 5.92 Å². The van der Waals surface area contributed by atoms with Crippen LogP contribution in [0.4, 0.5) is 0 Å². The number of hydrogen-bond acceptors (Lipinski definition) is 3. The molecule has 19 heavy (non-hydrogen) atoms. The average Bonchev–Trinajstić information content (AvgIpc) is 2.68. The molecule has 2 atom stereocenters. The summed E-state index contributed by atoms with van der Waals surface area (Å²) in [6.07, 6.45) is 2.91. The van der Waals surface area contributed by atoms with Crippen LogP contribution in [-0.2, 0) is 14.6 Å². The Morgan fingerprint density at radius 3 is 2.42 bits per heavy atom. The van der Waals surface area contributed by atoms with E-state index < -0.39 is 9.84 Å². The zero-order valence-corrected chi connectivity index (χ0v) is 12.6. The summed E-state index contributed by atoms with van der Waals surface area (Å²) in [6.45, 7) is 6.28. The molecule has 2 N–H and O–H groups in total. The molecule has 0 bridgehead atoms. The van der Waals surface area contributed by atoms with Gasteiger partial charge in [0.25, 0.3) is 5.91 Å². The predicted molar refractivity (Wildman–Crippen MR) is 73.8 cm³/mol. The standard InChI is InChI=1S/C13H24N2O3S/c1-10-3-6-15(7-4-10)11(2)13(16)14-12-5-8-19(17,18)9-12/h10-12H,3-9H2,1-2H3,(H,14,16)/p+1/t11-,12-/m0/s1. The number of carbonyl (C=O) groups excluding carboxylic acids is 1. The molecule has 0 radical (unpaired) electrons. The second-order valence-corrected chi connectivity index (χ2v) is 8.40. The number of piperidine rings is 1. The van der Waals surface area contributed by atoms with Crippen molar-refractivity contribution in [3.8, 4) is 0 Å². The second-order valence-electron chi connectivity index (χ2n) is 6.17. The summed E-state index contributed by atoms with van der Waals surface area (Å²) in [5, 5.41) is 2.90. The van der Waals surface area contributed by atoms with Crippen LogP contribution in [0.2, 0.25) is 0 Å². The van der Waals surface area contributed by atoms with Gasteiger partial charge in [0.2, 0.25) is 0 Å². The van der Waals surface area contributed by atoms with Crippen LogP contribution in [0.3, 0.4) is 0 Å². The van der Waals surface area contributed by atoms with Crippen molar-refractivity contribution in [2.75, 3.05) is 24.6 Å². The van der Waals surface area contributed by atoms with Crippen LogP contribution in [-0.4, -0.2) is 51.0 Å². The summed E-state index contributed by atoms with van der Waals surface area (Å²) >= 11 is 0. The average molecular weight is 289 g/mol. The molecule has 2 aliphatic rings. The SMILES string of the molecule is CC1CC[NH+]([C@@H](C)C(=O)N[C@H]2CCS(=O)(=O)C2)CC1. The monoisotopic (exact) mass is 289 g/mol. The highest BCUT2D eigenvalue weighted by Gasteiger charge is 2.33. The predicted octanol–water partition coefficient (Wildman–Crippen LogP) is -1.01. The van der Waals surface area contributed by atoms with E-state index in [9.17, 15) is 13.2 Å². The van der Waals surface area contributed by atoms with Crippen molar-refractivity contribution in [3.05, 3.63) is 0 Å². The lowest BCUT2D eigenvalue weighted by molar-refractivity contribution is -0.920. The summed E-state index contributed by atoms with van der Waals surface area (Å²) in [5.41, 5.74) is 0. The van der Waals surface area contributed by atoms with Gasteiger partial charge in [0.05, 0.1) is 24.6 Å². The number of rotatable bonds is 3. The molecule has 0 aromatic carbocycles. The van der Waals surface area contributed by atoms with Gasteiger partial charge in [0.1, 0.15) is 0 Å². The van der Waals surface area contributed by atoms with Crippen LogP contribution in [0.1, 0.15) is 33.1 Å². The van der Waals surface area contributed by atoms with Gasteiger partial charge in [-0.2, -0.15) is 0 Å². The molecular formula is C13H25N2O3S+. The number of likely N-dealkylation sites (tertiary alicyclic amines) is 1. The van der Waals surface area contributed by atoms with Crippen LogP contribution >= 0.6 is 0 Å². The lowest BCUT2D eigenvalue weighted by Crippen LogP contribution is -3.17. The fraction of sp³-hybridized carbons (Fsp3) is 0.923. The number of quaternary nitrogens is 1. The molecule has 1 amide bonds. The van der Waals surface area contributed by atoms with Gasteiger partial charge in [-0.05, 0) is 32.1 Å². The number of sulfone groups is 1. The van der Waals surface area contributed by atoms with E-state index in [0.29, 0.717) is 6.42 Å². The zero-order valence-electron chi connectivity index (χ0n) is 11.8. The van der Waals surface area contributed by atoms with Crippen molar-refractivity contribution >= 4 is 15.7 Å². The van der Waals surface area contributed by atoms with Gasteiger partial charge in [-0.1, -0.05) is 6.92 Å². The third kappa shape index (κ3) is 3.92. The number of amides is 1. The van der Waals surface area contributed by atoms with Crippen molar-refractivity contribution in [2.45, 2.75) is 45.2 Å². The first-order chi connectivity index (χ1) is 8.87. The first kappa shape index (κ1) is 14.8. The molecule has 2 aliphatic heterocycles. The number of hydrogen-bond donors (Lipinski definition) is 2. The summed E-state index contributed by atoms with van der Waals surface area (Å²) in [7, 11) is -2.92. The van der Waals surface area contributed by atoms with E-state index in [2.05, 4.69) is 12.2 Å². The largest absolute Gasteiger partial charge is 0.347 e. The summed E-state index contributed by atoms with van der Waals surface area (Å²) < 4.78 is 22.7. The van der Waals surface area contributed by atoms with Gasteiger partial charge in [-0.3, -0.25) is 4.79 Å². The van der Waals surface area contributed by atoms with Gasteiger partial charge >= 0.3 is 0 Å². The van der Waals surface area contributed by atoms with E-state index in [1.54, 1.807) is 0 Å². The maximum atomic E-state index is 12.2. The van der Waals surface area contributed by atoms with Crippen LogP contribution in [0.5, 0.6) is 0 Å². The van der Waals surface area contributed by atoms with Gasteiger partial charge < -0.3 is 10.2 Å². The highest BCUT2D eigenvalue weighted by molar-refractivity contribution is 7.91. The Hall–Kier alpha value is -0.620. The van der Waals surface area contributed by atoms with Gasteiger partial charge in [-0.15, -0.1) is 0 Å². The topological polar surface area (TPSA) is 67.7 Å². The lowest BCUT2D eigenvalue weighted by Gasteiger charge is -2.31. The van der Waals surface area contributed by atoms with E-state index in [1.807, 2.05) is 6.92 Å². The second kappa shape index (κ2) is 5.79. The van der Waals surface area contributed by atoms with E-state index in [-0.39, 0.29) is 29.5 Å². The highest BCUT2D eigenvalue weighted by atomic mass is 32.2. The minimum atomic E-state index is -2.92. The van der Waals surface area contributed by atoms with E-state index >= 15 is 0 Å².